The fourth-order valence-electron chi connectivity index (χ4n) is 4.41. The summed E-state index contributed by atoms with van der Waals surface area (Å²) < 4.78 is 13.2. The van der Waals surface area contributed by atoms with Crippen molar-refractivity contribution in [1.29, 1.82) is 0 Å². The van der Waals surface area contributed by atoms with Crippen molar-refractivity contribution in [3.05, 3.63) is 52.4 Å². The molecule has 25 heavy (non-hydrogen) atoms. The summed E-state index contributed by atoms with van der Waals surface area (Å²) >= 11 is 3.60. The Balaban J connectivity index is 1.55. The monoisotopic (exact) mass is 400 g/mol. The van der Waals surface area contributed by atoms with Crippen LogP contribution < -0.4 is 4.74 Å². The molecule has 4 nitrogen and oxygen atoms in total. The van der Waals surface area contributed by atoms with Crippen LogP contribution in [0.2, 0.25) is 0 Å². The topological polar surface area (TPSA) is 38.0 Å². The molecule has 0 amide bonds. The molecule has 130 valence electrons. The normalized spacial score (nSPS) is 26.0. The maximum Gasteiger partial charge on any atom is 0.190 e. The van der Waals surface area contributed by atoms with E-state index in [1.165, 1.54) is 37.7 Å². The molecule has 0 N–H and O–H groups in total. The van der Waals surface area contributed by atoms with Gasteiger partial charge in [-0.1, -0.05) is 35.2 Å². The first-order chi connectivity index (χ1) is 12.3. The zero-order valence-electron chi connectivity index (χ0n) is 14.0. The van der Waals surface area contributed by atoms with Gasteiger partial charge in [-0.25, -0.2) is 5.01 Å². The molecule has 0 radical (unpaired) electrons. The Kier molecular flexibility index (Phi) is 3.85. The SMILES string of the molecule is Brc1ccc2c(c1)[C@@H]1CC(c3ccco3)=NN1[C@H](C1CCCCC1)O2. The number of hydrogen-bond acceptors (Lipinski definition) is 4. The highest BCUT2D eigenvalue weighted by molar-refractivity contribution is 9.10. The summed E-state index contributed by atoms with van der Waals surface area (Å²) in [5.41, 5.74) is 2.24. The van der Waals surface area contributed by atoms with Crippen LogP contribution in [-0.4, -0.2) is 16.9 Å². The van der Waals surface area contributed by atoms with Crippen LogP contribution in [0, 0.1) is 5.92 Å². The van der Waals surface area contributed by atoms with E-state index < -0.39 is 0 Å². The Morgan fingerprint density at radius 1 is 1.12 bits per heavy atom. The average molecular weight is 401 g/mol. The summed E-state index contributed by atoms with van der Waals surface area (Å²) in [7, 11) is 0. The molecule has 2 aromatic rings. The van der Waals surface area contributed by atoms with E-state index in [0.29, 0.717) is 5.92 Å². The maximum absolute atomic E-state index is 6.47. The van der Waals surface area contributed by atoms with Crippen LogP contribution in [0.3, 0.4) is 0 Å². The van der Waals surface area contributed by atoms with E-state index in [4.69, 9.17) is 14.3 Å². The number of hydrogen-bond donors (Lipinski definition) is 0. The van der Waals surface area contributed by atoms with Crippen LogP contribution >= 0.6 is 15.9 Å². The van der Waals surface area contributed by atoms with Gasteiger partial charge in [-0.3, -0.25) is 0 Å². The Morgan fingerprint density at radius 2 is 2.00 bits per heavy atom. The lowest BCUT2D eigenvalue weighted by atomic mass is 9.86. The molecular formula is C20H21BrN2O2. The average Bonchev–Trinajstić information content (AvgIpc) is 3.31. The van der Waals surface area contributed by atoms with E-state index in [1.807, 2.05) is 12.1 Å². The first-order valence-electron chi connectivity index (χ1n) is 9.15. The van der Waals surface area contributed by atoms with E-state index in [1.54, 1.807) is 6.26 Å². The van der Waals surface area contributed by atoms with Crippen LogP contribution in [0.4, 0.5) is 0 Å². The Labute approximate surface area is 156 Å². The van der Waals surface area contributed by atoms with Gasteiger partial charge in [-0.05, 0) is 43.2 Å². The third-order valence-electron chi connectivity index (χ3n) is 5.64. The van der Waals surface area contributed by atoms with E-state index in [9.17, 15) is 0 Å². The van der Waals surface area contributed by atoms with Gasteiger partial charge in [0.05, 0.1) is 12.3 Å². The molecular weight excluding hydrogens is 380 g/mol. The molecule has 3 heterocycles. The molecule has 5 heteroatoms. The molecule has 3 aliphatic rings. The van der Waals surface area contributed by atoms with E-state index in [0.717, 1.165) is 28.1 Å². The van der Waals surface area contributed by atoms with Gasteiger partial charge in [0.25, 0.3) is 0 Å². The minimum atomic E-state index is 0.0337. The number of nitrogens with zero attached hydrogens (tertiary/aromatic N) is 2. The fourth-order valence-corrected chi connectivity index (χ4v) is 4.79. The van der Waals surface area contributed by atoms with Crippen LogP contribution in [0.15, 0.2) is 50.6 Å². The van der Waals surface area contributed by atoms with Gasteiger partial charge in [-0.2, -0.15) is 5.10 Å². The molecule has 1 aromatic carbocycles. The Morgan fingerprint density at radius 3 is 2.80 bits per heavy atom. The fraction of sp³-hybridized carbons (Fsp3) is 0.450. The van der Waals surface area contributed by atoms with Crippen molar-refractivity contribution in [2.24, 2.45) is 11.0 Å². The summed E-state index contributed by atoms with van der Waals surface area (Å²) in [5, 5.41) is 7.16. The lowest BCUT2D eigenvalue weighted by molar-refractivity contribution is -0.0644. The van der Waals surface area contributed by atoms with Crippen molar-refractivity contribution >= 4 is 21.6 Å². The summed E-state index contributed by atoms with van der Waals surface area (Å²) in [5.74, 6) is 2.43. The van der Waals surface area contributed by atoms with Gasteiger partial charge < -0.3 is 9.15 Å². The van der Waals surface area contributed by atoms with Crippen molar-refractivity contribution < 1.29 is 9.15 Å². The summed E-state index contributed by atoms with van der Waals surface area (Å²) in [6.07, 6.45) is 9.01. The number of fused-ring (bicyclic) bond motifs is 3. The third kappa shape index (κ3) is 2.69. The molecule has 1 saturated carbocycles. The van der Waals surface area contributed by atoms with Gasteiger partial charge in [0.1, 0.15) is 17.2 Å². The van der Waals surface area contributed by atoms with Crippen LogP contribution in [-0.2, 0) is 0 Å². The van der Waals surface area contributed by atoms with Crippen LogP contribution in [0.5, 0.6) is 5.75 Å². The summed E-state index contributed by atoms with van der Waals surface area (Å²) in [6, 6.07) is 10.5. The van der Waals surface area contributed by atoms with E-state index in [2.05, 4.69) is 39.1 Å². The third-order valence-corrected chi connectivity index (χ3v) is 6.13. The number of furan rings is 1. The molecule has 0 saturated heterocycles. The molecule has 2 atom stereocenters. The maximum atomic E-state index is 6.47. The second kappa shape index (κ2) is 6.20. The van der Waals surface area contributed by atoms with Gasteiger partial charge in [-0.15, -0.1) is 0 Å². The highest BCUT2D eigenvalue weighted by atomic mass is 79.9. The van der Waals surface area contributed by atoms with Crippen molar-refractivity contribution in [2.75, 3.05) is 0 Å². The van der Waals surface area contributed by atoms with Crippen molar-refractivity contribution in [3.8, 4) is 5.75 Å². The van der Waals surface area contributed by atoms with Crippen LogP contribution in [0.25, 0.3) is 0 Å². The van der Waals surface area contributed by atoms with Crippen molar-refractivity contribution in [2.45, 2.75) is 50.8 Å². The minimum absolute atomic E-state index is 0.0337. The van der Waals surface area contributed by atoms with Gasteiger partial charge in [0.2, 0.25) is 0 Å². The second-order valence-electron chi connectivity index (χ2n) is 7.21. The molecule has 0 spiro atoms. The molecule has 0 bridgehead atoms. The zero-order valence-corrected chi connectivity index (χ0v) is 15.6. The summed E-state index contributed by atoms with van der Waals surface area (Å²) in [4.78, 5) is 0. The van der Waals surface area contributed by atoms with Gasteiger partial charge in [0, 0.05) is 22.4 Å². The lowest BCUT2D eigenvalue weighted by Gasteiger charge is -2.42. The second-order valence-corrected chi connectivity index (χ2v) is 8.13. The number of ether oxygens (including phenoxy) is 1. The summed E-state index contributed by atoms with van der Waals surface area (Å²) in [6.45, 7) is 0. The van der Waals surface area contributed by atoms with Gasteiger partial charge in [0.15, 0.2) is 6.23 Å². The van der Waals surface area contributed by atoms with Gasteiger partial charge >= 0.3 is 0 Å². The van der Waals surface area contributed by atoms with Crippen molar-refractivity contribution in [1.82, 2.24) is 5.01 Å². The van der Waals surface area contributed by atoms with E-state index >= 15 is 0 Å². The first-order valence-corrected chi connectivity index (χ1v) is 9.95. The van der Waals surface area contributed by atoms with Crippen molar-refractivity contribution in [3.63, 3.8) is 0 Å². The molecule has 5 rings (SSSR count). The Bertz CT molecular complexity index is 796. The molecule has 2 aliphatic heterocycles. The lowest BCUT2D eigenvalue weighted by Crippen LogP contribution is -2.45. The first kappa shape index (κ1) is 15.5. The number of rotatable bonds is 2. The molecule has 1 fully saturated rings. The highest BCUT2D eigenvalue weighted by Gasteiger charge is 2.44. The predicted molar refractivity (Wildman–Crippen MR) is 99.6 cm³/mol. The molecule has 1 aromatic heterocycles. The number of hydrazone groups is 1. The number of benzene rings is 1. The largest absolute Gasteiger partial charge is 0.468 e. The highest BCUT2D eigenvalue weighted by Crippen LogP contribution is 2.47. The quantitative estimate of drug-likeness (QED) is 0.668. The number of halogens is 1. The Hall–Kier alpha value is -1.75. The predicted octanol–water partition coefficient (Wildman–Crippen LogP) is 5.49. The van der Waals surface area contributed by atoms with Crippen LogP contribution in [0.1, 0.15) is 55.9 Å². The minimum Gasteiger partial charge on any atom is -0.468 e. The standard InChI is InChI=1S/C20H21BrN2O2/c21-14-8-9-18-15(11-14)17-12-16(19-7-4-10-24-19)22-23(17)20(25-18)13-5-2-1-3-6-13/h4,7-11,13,17,20H,1-3,5-6,12H2/t17-,20-/m0/s1. The smallest absolute Gasteiger partial charge is 0.190 e. The zero-order chi connectivity index (χ0) is 16.8. The molecule has 1 aliphatic carbocycles. The molecule has 0 unspecified atom stereocenters. The van der Waals surface area contributed by atoms with E-state index in [-0.39, 0.29) is 12.3 Å².